The van der Waals surface area contributed by atoms with Crippen LogP contribution in [0.5, 0.6) is 0 Å². The first-order valence-corrected chi connectivity index (χ1v) is 17.1. The lowest BCUT2D eigenvalue weighted by Gasteiger charge is -2.35. The summed E-state index contributed by atoms with van der Waals surface area (Å²) in [5, 5.41) is 12.7. The van der Waals surface area contributed by atoms with E-state index in [1.54, 1.807) is 62.8 Å². The molecule has 3 aromatic rings. The molecule has 3 atom stereocenters. The number of ketones is 1. The standard InChI is InChI=1S/C32H38N10O4S/c1-37-8-10-40(11-9-37)47(45,46)41-18-26-27(19-41)30(26)42-29(12-28(43)23-6-4-22(15-33)5-7-23)36-32(31(42)44,13-24-16-34-20-38(24)2)14-25-17-35-21-39(25)3/h4-7,12,16-17,20-21,26-27,30,36H,8-11,13-14,18-19H2,1-3H3/t26-,27+,30?. The van der Waals surface area contributed by atoms with Gasteiger partial charge < -0.3 is 19.4 Å². The summed E-state index contributed by atoms with van der Waals surface area (Å²) in [4.78, 5) is 40.8. The Hall–Kier alpha value is -4.36. The lowest BCUT2D eigenvalue weighted by atomic mass is 9.88. The van der Waals surface area contributed by atoms with E-state index in [4.69, 9.17) is 0 Å². The number of carbonyl (C=O) groups excluding carboxylic acids is 2. The number of amides is 1. The van der Waals surface area contributed by atoms with Crippen molar-refractivity contribution < 1.29 is 18.0 Å². The van der Waals surface area contributed by atoms with E-state index in [0.717, 1.165) is 11.4 Å². The van der Waals surface area contributed by atoms with E-state index in [-0.39, 0.29) is 29.6 Å². The van der Waals surface area contributed by atoms with Crippen LogP contribution in [0.4, 0.5) is 0 Å². The maximum Gasteiger partial charge on any atom is 0.282 e. The van der Waals surface area contributed by atoms with E-state index in [1.807, 2.05) is 30.3 Å². The van der Waals surface area contributed by atoms with Crippen molar-refractivity contribution >= 4 is 21.9 Å². The monoisotopic (exact) mass is 658 g/mol. The van der Waals surface area contributed by atoms with Gasteiger partial charge in [-0.3, -0.25) is 14.5 Å². The number of benzene rings is 1. The van der Waals surface area contributed by atoms with Crippen molar-refractivity contribution in [1.29, 1.82) is 5.26 Å². The molecule has 1 N–H and O–H groups in total. The predicted molar refractivity (Wildman–Crippen MR) is 170 cm³/mol. The highest BCUT2D eigenvalue weighted by Crippen LogP contribution is 2.53. The molecule has 47 heavy (non-hydrogen) atoms. The molecule has 0 spiro atoms. The van der Waals surface area contributed by atoms with E-state index in [0.29, 0.717) is 69.1 Å². The zero-order valence-corrected chi connectivity index (χ0v) is 27.5. The number of hydrogen-bond donors (Lipinski definition) is 1. The van der Waals surface area contributed by atoms with E-state index in [9.17, 15) is 23.3 Å². The molecule has 1 amide bonds. The summed E-state index contributed by atoms with van der Waals surface area (Å²) in [6, 6.07) is 8.19. The molecule has 1 aromatic carbocycles. The highest BCUT2D eigenvalue weighted by atomic mass is 32.2. The minimum absolute atomic E-state index is 0.0550. The minimum atomic E-state index is -3.61. The number of carbonyl (C=O) groups is 2. The minimum Gasteiger partial charge on any atom is -0.356 e. The number of fused-ring (bicyclic) bond motifs is 1. The van der Waals surface area contributed by atoms with Crippen LogP contribution in [0, 0.1) is 23.2 Å². The lowest BCUT2D eigenvalue weighted by Crippen LogP contribution is -2.53. The van der Waals surface area contributed by atoms with Gasteiger partial charge in [-0.25, -0.2) is 9.97 Å². The van der Waals surface area contributed by atoms with Crippen LogP contribution in [0.15, 0.2) is 61.2 Å². The fourth-order valence-electron chi connectivity index (χ4n) is 7.26. The van der Waals surface area contributed by atoms with Crippen LogP contribution in [0.1, 0.15) is 27.3 Å². The summed E-state index contributed by atoms with van der Waals surface area (Å²) in [7, 11) is 2.13. The Morgan fingerprint density at radius 3 is 2.04 bits per heavy atom. The first-order chi connectivity index (χ1) is 22.5. The molecule has 2 aromatic heterocycles. The van der Waals surface area contributed by atoms with Crippen LogP contribution in [-0.4, -0.2) is 116 Å². The molecule has 4 fully saturated rings. The lowest BCUT2D eigenvalue weighted by molar-refractivity contribution is -0.132. The van der Waals surface area contributed by atoms with Crippen molar-refractivity contribution in [2.45, 2.75) is 24.4 Å². The van der Waals surface area contributed by atoms with Crippen molar-refractivity contribution in [3.63, 3.8) is 0 Å². The van der Waals surface area contributed by atoms with Gasteiger partial charge in [-0.2, -0.15) is 22.3 Å². The molecule has 7 rings (SSSR count). The van der Waals surface area contributed by atoms with Crippen molar-refractivity contribution in [2.24, 2.45) is 25.9 Å². The Morgan fingerprint density at radius 2 is 1.53 bits per heavy atom. The highest BCUT2D eigenvalue weighted by molar-refractivity contribution is 7.86. The summed E-state index contributed by atoms with van der Waals surface area (Å²) in [5.41, 5.74) is 1.36. The number of nitriles is 1. The van der Waals surface area contributed by atoms with Gasteiger partial charge in [0, 0.05) is 120 Å². The van der Waals surface area contributed by atoms with Crippen molar-refractivity contribution in [3.8, 4) is 6.07 Å². The average Bonchev–Trinajstić information content (AvgIpc) is 3.52. The molecule has 1 unspecified atom stereocenters. The number of piperazine rings is 1. The molecule has 4 aliphatic rings. The maximum absolute atomic E-state index is 14.9. The maximum atomic E-state index is 14.9. The van der Waals surface area contributed by atoms with E-state index >= 15 is 0 Å². The normalized spacial score (nSPS) is 25.6. The van der Waals surface area contributed by atoms with Gasteiger partial charge in [-0.1, -0.05) is 0 Å². The Balaban J connectivity index is 1.21. The molecule has 1 aliphatic carbocycles. The smallest absolute Gasteiger partial charge is 0.282 e. The molecule has 0 bridgehead atoms. The van der Waals surface area contributed by atoms with Crippen molar-refractivity contribution in [1.82, 2.24) is 42.8 Å². The van der Waals surface area contributed by atoms with Crippen molar-refractivity contribution in [3.05, 3.63) is 83.7 Å². The Labute approximate surface area is 274 Å². The molecule has 3 saturated heterocycles. The molecular weight excluding hydrogens is 620 g/mol. The zero-order valence-electron chi connectivity index (χ0n) is 26.7. The average molecular weight is 659 g/mol. The van der Waals surface area contributed by atoms with Gasteiger partial charge >= 0.3 is 0 Å². The second kappa shape index (κ2) is 11.7. The van der Waals surface area contributed by atoms with Gasteiger partial charge in [0.1, 0.15) is 11.4 Å². The number of aromatic nitrogens is 4. The third kappa shape index (κ3) is 5.54. The number of rotatable bonds is 9. The Kier molecular flexibility index (Phi) is 7.79. The van der Waals surface area contributed by atoms with Crippen LogP contribution in [0.3, 0.4) is 0 Å². The van der Waals surface area contributed by atoms with Gasteiger partial charge in [0.05, 0.1) is 24.3 Å². The molecular formula is C32H38N10O4S. The number of likely N-dealkylation sites (N-methyl/N-ethyl adjacent to an activating group) is 1. The number of aryl methyl sites for hydroxylation is 2. The summed E-state index contributed by atoms with van der Waals surface area (Å²) in [6.07, 6.45) is 8.92. The molecule has 1 saturated carbocycles. The van der Waals surface area contributed by atoms with Crippen LogP contribution >= 0.6 is 0 Å². The van der Waals surface area contributed by atoms with Gasteiger partial charge in [-0.15, -0.1) is 0 Å². The van der Waals surface area contributed by atoms with Gasteiger partial charge in [0.25, 0.3) is 16.1 Å². The Morgan fingerprint density at radius 1 is 0.957 bits per heavy atom. The number of nitrogens with zero attached hydrogens (tertiary/aromatic N) is 9. The molecule has 14 nitrogen and oxygen atoms in total. The van der Waals surface area contributed by atoms with Crippen LogP contribution in [0.2, 0.25) is 0 Å². The summed E-state index contributed by atoms with van der Waals surface area (Å²) in [5.74, 6) is -0.203. The van der Waals surface area contributed by atoms with Crippen LogP contribution in [0.25, 0.3) is 0 Å². The van der Waals surface area contributed by atoms with Gasteiger partial charge in [0.2, 0.25) is 0 Å². The largest absolute Gasteiger partial charge is 0.356 e. The molecule has 246 valence electrons. The molecule has 5 heterocycles. The second-order valence-corrected chi connectivity index (χ2v) is 15.1. The molecule has 15 heteroatoms. The quantitative estimate of drug-likeness (QED) is 0.250. The number of nitrogens with one attached hydrogen (secondary N) is 1. The fraction of sp³-hybridized carbons (Fsp3) is 0.469. The topological polar surface area (TPSA) is 153 Å². The fourth-order valence-corrected chi connectivity index (χ4v) is 8.93. The van der Waals surface area contributed by atoms with Crippen LogP contribution < -0.4 is 5.32 Å². The van der Waals surface area contributed by atoms with E-state index < -0.39 is 15.7 Å². The number of imidazole rings is 2. The highest BCUT2D eigenvalue weighted by Gasteiger charge is 2.66. The SMILES string of the molecule is CN1CCN(S(=O)(=O)N2C[C@@H]3C(N4C(=O)C(Cc5cncn5C)(Cc5cncn5C)NC4=CC(=O)c4ccc(C#N)cc4)[C@@H]3C2)CC1. The zero-order chi connectivity index (χ0) is 33.1. The van der Waals surface area contributed by atoms with Crippen molar-refractivity contribution in [2.75, 3.05) is 46.3 Å². The molecule has 0 radical (unpaired) electrons. The first kappa shape index (κ1) is 31.3. The predicted octanol–water partition coefficient (Wildman–Crippen LogP) is 0.128. The Bertz CT molecular complexity index is 1830. The first-order valence-electron chi connectivity index (χ1n) is 15.7. The summed E-state index contributed by atoms with van der Waals surface area (Å²) in [6.45, 7) is 2.93. The van der Waals surface area contributed by atoms with E-state index in [2.05, 4.69) is 26.3 Å². The summed E-state index contributed by atoms with van der Waals surface area (Å²) < 4.78 is 33.9. The number of allylic oxidation sites excluding steroid dienone is 1. The van der Waals surface area contributed by atoms with Gasteiger partial charge in [0.15, 0.2) is 5.78 Å². The molecule has 3 aliphatic heterocycles. The third-order valence-corrected chi connectivity index (χ3v) is 12.1. The second-order valence-electron chi connectivity index (χ2n) is 13.2. The van der Waals surface area contributed by atoms with Crippen LogP contribution in [-0.2, 0) is 41.9 Å². The van der Waals surface area contributed by atoms with E-state index in [1.165, 1.54) is 6.08 Å². The number of piperidine rings is 1. The number of hydrogen-bond acceptors (Lipinski definition) is 9. The summed E-state index contributed by atoms with van der Waals surface area (Å²) >= 11 is 0. The van der Waals surface area contributed by atoms with Gasteiger partial charge in [-0.05, 0) is 31.3 Å². The third-order valence-electron chi connectivity index (χ3n) is 10.1.